The summed E-state index contributed by atoms with van der Waals surface area (Å²) in [4.78, 5) is 16.0. The topological polar surface area (TPSA) is 53.9 Å². The van der Waals surface area contributed by atoms with Crippen LogP contribution in [0.25, 0.3) is 0 Å². The predicted octanol–water partition coefficient (Wildman–Crippen LogP) is 5.37. The quantitative estimate of drug-likeness (QED) is 0.589. The van der Waals surface area contributed by atoms with E-state index in [2.05, 4.69) is 70.8 Å². The van der Waals surface area contributed by atoms with Gasteiger partial charge in [-0.15, -0.1) is 0 Å². The number of H-pyrrole nitrogens is 1. The number of nitrogens with zero attached hydrogens (tertiary/aromatic N) is 3. The summed E-state index contributed by atoms with van der Waals surface area (Å²) >= 11 is 0. The molecule has 0 bridgehead atoms. The van der Waals surface area contributed by atoms with Crippen molar-refractivity contribution in [2.75, 3.05) is 0 Å². The van der Waals surface area contributed by atoms with Crippen molar-refractivity contribution in [2.45, 2.75) is 85.4 Å². The minimum atomic E-state index is 0.206. The first-order valence-electron chi connectivity index (χ1n) is 12.1. The van der Waals surface area contributed by atoms with Crippen molar-refractivity contribution in [3.63, 3.8) is 0 Å². The van der Waals surface area contributed by atoms with Gasteiger partial charge in [0.25, 0.3) is 5.91 Å². The molecule has 5 heteroatoms. The first kappa shape index (κ1) is 22.4. The molecule has 5 rings (SSSR count). The molecule has 1 atom stereocenters. The van der Waals surface area contributed by atoms with Crippen LogP contribution < -0.4 is 0 Å². The summed E-state index contributed by atoms with van der Waals surface area (Å²) < 4.78 is 2.28. The van der Waals surface area contributed by atoms with Crippen molar-refractivity contribution >= 4 is 5.91 Å². The van der Waals surface area contributed by atoms with E-state index in [1.54, 1.807) is 0 Å². The average molecular weight is 433 g/mol. The number of carbonyl (C=O) groups is 1. The molecule has 170 valence electrons. The summed E-state index contributed by atoms with van der Waals surface area (Å²) in [5.74, 6) is 0.206. The molecule has 2 aliphatic rings. The Hall–Kier alpha value is -2.82. The molecule has 1 unspecified atom stereocenters. The fourth-order valence-electron chi connectivity index (χ4n) is 4.89. The molecule has 1 fully saturated rings. The molecular weight excluding hydrogens is 396 g/mol. The number of hydrogen-bond acceptors (Lipinski definition) is 2. The van der Waals surface area contributed by atoms with Crippen molar-refractivity contribution < 1.29 is 4.79 Å². The summed E-state index contributed by atoms with van der Waals surface area (Å²) in [6.07, 6.45) is 7.09. The first-order chi connectivity index (χ1) is 15.5. The number of aromatic amines is 1. The third kappa shape index (κ3) is 4.38. The van der Waals surface area contributed by atoms with Gasteiger partial charge in [-0.1, -0.05) is 43.7 Å². The smallest absolute Gasteiger partial charge is 0.256 e. The molecular formula is C27H36N4O. The van der Waals surface area contributed by atoms with Gasteiger partial charge in [0.2, 0.25) is 0 Å². The lowest BCUT2D eigenvalue weighted by molar-refractivity contribution is 0.0642. The van der Waals surface area contributed by atoms with Gasteiger partial charge in [-0.3, -0.25) is 9.89 Å². The van der Waals surface area contributed by atoms with Crippen molar-refractivity contribution in [3.05, 3.63) is 75.9 Å². The molecule has 2 aromatic heterocycles. The van der Waals surface area contributed by atoms with E-state index in [1.807, 2.05) is 20.0 Å². The van der Waals surface area contributed by atoms with E-state index in [0.29, 0.717) is 6.04 Å². The second-order valence-corrected chi connectivity index (χ2v) is 9.07. The minimum absolute atomic E-state index is 0.206. The number of nitrogens with one attached hydrogen (secondary N) is 1. The first-order valence-corrected chi connectivity index (χ1v) is 12.1. The minimum Gasteiger partial charge on any atom is -0.344 e. The van der Waals surface area contributed by atoms with Crippen LogP contribution >= 0.6 is 0 Å². The van der Waals surface area contributed by atoms with Crippen LogP contribution in [0.1, 0.15) is 77.2 Å². The highest BCUT2D eigenvalue weighted by Gasteiger charge is 2.40. The Morgan fingerprint density at radius 1 is 1.09 bits per heavy atom. The van der Waals surface area contributed by atoms with Gasteiger partial charge in [0.1, 0.15) is 0 Å². The molecule has 2 heterocycles. The van der Waals surface area contributed by atoms with E-state index in [-0.39, 0.29) is 11.9 Å². The van der Waals surface area contributed by atoms with Gasteiger partial charge in [-0.05, 0) is 70.1 Å². The highest BCUT2D eigenvalue weighted by Crippen LogP contribution is 2.35. The van der Waals surface area contributed by atoms with Gasteiger partial charge in [0.15, 0.2) is 0 Å². The summed E-state index contributed by atoms with van der Waals surface area (Å²) in [7, 11) is 0. The van der Waals surface area contributed by atoms with E-state index in [0.717, 1.165) is 55.6 Å². The van der Waals surface area contributed by atoms with Gasteiger partial charge in [-0.25, -0.2) is 0 Å². The van der Waals surface area contributed by atoms with Crippen molar-refractivity contribution in [3.8, 4) is 0 Å². The molecule has 1 amide bonds. The second-order valence-electron chi connectivity index (χ2n) is 9.07. The fourth-order valence-corrected chi connectivity index (χ4v) is 4.89. The Kier molecular flexibility index (Phi) is 6.54. The lowest BCUT2D eigenvalue weighted by atomic mass is 9.92. The van der Waals surface area contributed by atoms with Gasteiger partial charge in [0.05, 0.1) is 11.8 Å². The SMILES string of the molecule is CC.Cc1ccc(Cn2c(C)cc(C(=O)N(C3CC3)C3CCc4[nH]ncc4C3)c2C)cc1. The monoisotopic (exact) mass is 432 g/mol. The standard InChI is InChI=1S/C25H30N4O.C2H6/c1-16-4-6-19(7-5-16)15-28-17(2)12-23(18(28)3)25(30)29(21-8-9-21)22-10-11-24-20(13-22)14-26-27-24;1-2/h4-7,12,14,21-22H,8-11,13,15H2,1-3H3,(H,26,27);1-2H3. The van der Waals surface area contributed by atoms with Crippen molar-refractivity contribution in [1.29, 1.82) is 0 Å². The summed E-state index contributed by atoms with van der Waals surface area (Å²) in [6.45, 7) is 11.1. The number of carbonyl (C=O) groups excluding carboxylic acids is 1. The molecule has 1 aromatic carbocycles. The summed E-state index contributed by atoms with van der Waals surface area (Å²) in [5.41, 5.74) is 8.13. The molecule has 32 heavy (non-hydrogen) atoms. The number of benzene rings is 1. The maximum Gasteiger partial charge on any atom is 0.256 e. The van der Waals surface area contributed by atoms with Crippen LogP contribution in [0.5, 0.6) is 0 Å². The maximum atomic E-state index is 13.7. The second kappa shape index (κ2) is 9.35. The highest BCUT2D eigenvalue weighted by atomic mass is 16.2. The van der Waals surface area contributed by atoms with Gasteiger partial charge in [0, 0.05) is 35.7 Å². The van der Waals surface area contributed by atoms with E-state index in [9.17, 15) is 4.79 Å². The largest absolute Gasteiger partial charge is 0.344 e. The zero-order valence-electron chi connectivity index (χ0n) is 20.1. The van der Waals surface area contributed by atoms with E-state index >= 15 is 0 Å². The number of fused-ring (bicyclic) bond motifs is 1. The Labute approximate surface area is 191 Å². The van der Waals surface area contributed by atoms with Gasteiger partial charge >= 0.3 is 0 Å². The zero-order valence-corrected chi connectivity index (χ0v) is 20.1. The van der Waals surface area contributed by atoms with Crippen LogP contribution in [-0.2, 0) is 19.4 Å². The van der Waals surface area contributed by atoms with Gasteiger partial charge < -0.3 is 9.47 Å². The molecule has 5 nitrogen and oxygen atoms in total. The number of aryl methyl sites for hydroxylation is 3. The molecule has 1 N–H and O–H groups in total. The van der Waals surface area contributed by atoms with E-state index < -0.39 is 0 Å². The maximum absolute atomic E-state index is 13.7. The Bertz CT molecular complexity index is 1070. The number of rotatable bonds is 5. The third-order valence-corrected chi connectivity index (χ3v) is 6.82. The third-order valence-electron chi connectivity index (χ3n) is 6.82. The Balaban J connectivity index is 0.00000119. The van der Waals surface area contributed by atoms with Gasteiger partial charge in [-0.2, -0.15) is 5.10 Å². The van der Waals surface area contributed by atoms with E-state index in [1.165, 1.54) is 22.4 Å². The lowest BCUT2D eigenvalue weighted by Gasteiger charge is -2.34. The average Bonchev–Trinajstić information content (AvgIpc) is 3.45. The molecule has 3 aromatic rings. The normalized spacial score (nSPS) is 17.3. The summed E-state index contributed by atoms with van der Waals surface area (Å²) in [6, 6.07) is 11.4. The van der Waals surface area contributed by atoms with Crippen LogP contribution in [0.4, 0.5) is 0 Å². The molecule has 1 saturated carbocycles. The van der Waals surface area contributed by atoms with Crippen LogP contribution in [0.15, 0.2) is 36.5 Å². The summed E-state index contributed by atoms with van der Waals surface area (Å²) in [5, 5.41) is 7.32. The van der Waals surface area contributed by atoms with Crippen molar-refractivity contribution in [1.82, 2.24) is 19.7 Å². The number of aromatic nitrogens is 3. The fraction of sp³-hybridized carbons (Fsp3) is 0.481. The highest BCUT2D eigenvalue weighted by molar-refractivity contribution is 5.96. The van der Waals surface area contributed by atoms with Crippen LogP contribution in [0, 0.1) is 20.8 Å². The molecule has 0 aliphatic heterocycles. The van der Waals surface area contributed by atoms with Crippen LogP contribution in [0.2, 0.25) is 0 Å². The predicted molar refractivity (Wildman–Crippen MR) is 129 cm³/mol. The molecule has 0 spiro atoms. The number of hydrogen-bond donors (Lipinski definition) is 1. The number of amides is 1. The molecule has 0 saturated heterocycles. The Morgan fingerprint density at radius 2 is 1.81 bits per heavy atom. The Morgan fingerprint density at radius 3 is 2.50 bits per heavy atom. The molecule has 0 radical (unpaired) electrons. The zero-order chi connectivity index (χ0) is 22.8. The molecule has 2 aliphatic carbocycles. The van der Waals surface area contributed by atoms with Crippen LogP contribution in [0.3, 0.4) is 0 Å². The van der Waals surface area contributed by atoms with E-state index in [4.69, 9.17) is 0 Å². The van der Waals surface area contributed by atoms with Crippen molar-refractivity contribution in [2.24, 2.45) is 0 Å². The van der Waals surface area contributed by atoms with Crippen LogP contribution in [-0.4, -0.2) is 37.7 Å². The lowest BCUT2D eigenvalue weighted by Crippen LogP contribution is -2.45.